The molecule has 0 spiro atoms. The first-order chi connectivity index (χ1) is 20.1. The lowest BCUT2D eigenvalue weighted by Crippen LogP contribution is -2.37. The average Bonchev–Trinajstić information content (AvgIpc) is 2.92. The average molecular weight is 619 g/mol. The van der Waals surface area contributed by atoms with Crippen molar-refractivity contribution >= 4 is 13.8 Å². The van der Waals surface area contributed by atoms with Crippen LogP contribution >= 0.6 is 7.82 Å². The van der Waals surface area contributed by atoms with Gasteiger partial charge in [-0.15, -0.1) is 0 Å². The maximum atomic E-state index is 12.3. The number of allylic oxidation sites excluding steroid dienone is 4. The fourth-order valence-corrected chi connectivity index (χ4v) is 4.85. The molecule has 1 N–H and O–H groups in total. The third-order valence-corrected chi connectivity index (χ3v) is 7.75. The second kappa shape index (κ2) is 27.5. The van der Waals surface area contributed by atoms with E-state index in [-0.39, 0.29) is 25.8 Å². The normalized spacial score (nSPS) is 14.5. The molecule has 2 atom stereocenters. The molecule has 0 aliphatic heterocycles. The standard InChI is InChI=1S/C33H64NO7P/c1-6-8-10-12-13-14-15-16-17-18-19-20-21-22-23-25-28-38-30-32(41-33(35)26-24-11-9-7-2)31-40-42(36,37)39-29-27-34(3,4)5/h13-14,16-17,32H,6-12,15,18-31H2,1-5H3/p+1/b14-13-,17-16-. The van der Waals surface area contributed by atoms with Crippen LogP contribution in [0.15, 0.2) is 24.3 Å². The number of nitrogens with zero attached hydrogens (tertiary/aromatic N) is 1. The van der Waals surface area contributed by atoms with Crippen molar-refractivity contribution in [3.05, 3.63) is 24.3 Å². The van der Waals surface area contributed by atoms with Crippen LogP contribution in [0.3, 0.4) is 0 Å². The summed E-state index contributed by atoms with van der Waals surface area (Å²) in [4.78, 5) is 22.3. The molecule has 0 aromatic rings. The van der Waals surface area contributed by atoms with Crippen LogP contribution in [-0.2, 0) is 27.9 Å². The van der Waals surface area contributed by atoms with Crippen LogP contribution in [0.4, 0.5) is 0 Å². The molecule has 0 bridgehead atoms. The smallest absolute Gasteiger partial charge is 0.457 e. The van der Waals surface area contributed by atoms with Crippen molar-refractivity contribution in [2.75, 3.05) is 54.1 Å². The SMILES string of the molecule is CCCCC/C=C\C/C=C\CCCCCCCCOCC(COP(=O)(O)OCC[N+](C)(C)C)OC(=O)CCCCCC. The number of ether oxygens (including phenoxy) is 2. The minimum Gasteiger partial charge on any atom is -0.457 e. The van der Waals surface area contributed by atoms with Crippen molar-refractivity contribution in [1.29, 1.82) is 0 Å². The highest BCUT2D eigenvalue weighted by atomic mass is 31.2. The minimum atomic E-state index is -4.25. The van der Waals surface area contributed by atoms with Crippen LogP contribution in [0.5, 0.6) is 0 Å². The van der Waals surface area contributed by atoms with Gasteiger partial charge in [0.1, 0.15) is 19.3 Å². The number of quaternary nitrogens is 1. The van der Waals surface area contributed by atoms with Gasteiger partial charge in [0.25, 0.3) is 0 Å². The molecule has 2 unspecified atom stereocenters. The lowest BCUT2D eigenvalue weighted by atomic mass is 10.1. The van der Waals surface area contributed by atoms with E-state index in [1.54, 1.807) is 0 Å². The molecular formula is C33H65NO7P+. The second-order valence-corrected chi connectivity index (χ2v) is 13.6. The van der Waals surface area contributed by atoms with Crippen molar-refractivity contribution in [1.82, 2.24) is 0 Å². The van der Waals surface area contributed by atoms with E-state index in [0.29, 0.717) is 24.1 Å². The van der Waals surface area contributed by atoms with E-state index >= 15 is 0 Å². The van der Waals surface area contributed by atoms with E-state index < -0.39 is 13.9 Å². The van der Waals surface area contributed by atoms with Crippen LogP contribution in [0, 0.1) is 0 Å². The number of hydrogen-bond donors (Lipinski definition) is 1. The third-order valence-electron chi connectivity index (χ3n) is 6.77. The highest BCUT2D eigenvalue weighted by Crippen LogP contribution is 2.43. The lowest BCUT2D eigenvalue weighted by Gasteiger charge is -2.24. The molecule has 0 aromatic carbocycles. The van der Waals surface area contributed by atoms with Gasteiger partial charge in [0.05, 0.1) is 34.4 Å². The van der Waals surface area contributed by atoms with Crippen molar-refractivity contribution in [3.8, 4) is 0 Å². The molecule has 248 valence electrons. The Kier molecular flexibility index (Phi) is 26.9. The number of carbonyl (C=O) groups excluding carboxylic acids is 1. The monoisotopic (exact) mass is 618 g/mol. The van der Waals surface area contributed by atoms with E-state index in [4.69, 9.17) is 18.5 Å². The van der Waals surface area contributed by atoms with Gasteiger partial charge in [-0.25, -0.2) is 4.57 Å². The number of phosphoric ester groups is 1. The van der Waals surface area contributed by atoms with Gasteiger partial charge in [0.15, 0.2) is 0 Å². The van der Waals surface area contributed by atoms with E-state index in [0.717, 1.165) is 51.4 Å². The fourth-order valence-electron chi connectivity index (χ4n) is 4.11. The highest BCUT2D eigenvalue weighted by molar-refractivity contribution is 7.47. The second-order valence-electron chi connectivity index (χ2n) is 12.2. The molecule has 0 amide bonds. The lowest BCUT2D eigenvalue weighted by molar-refractivity contribution is -0.870. The Labute approximate surface area is 258 Å². The van der Waals surface area contributed by atoms with Crippen LogP contribution in [-0.4, -0.2) is 75.6 Å². The molecule has 0 saturated heterocycles. The summed E-state index contributed by atoms with van der Waals surface area (Å²) in [5.41, 5.74) is 0. The summed E-state index contributed by atoms with van der Waals surface area (Å²) in [6, 6.07) is 0. The first kappa shape index (κ1) is 41.0. The Balaban J connectivity index is 4.17. The molecule has 0 rings (SSSR count). The van der Waals surface area contributed by atoms with E-state index in [2.05, 4.69) is 38.2 Å². The molecule has 9 heteroatoms. The van der Waals surface area contributed by atoms with Crippen molar-refractivity contribution in [2.24, 2.45) is 0 Å². The summed E-state index contributed by atoms with van der Waals surface area (Å²) in [6.45, 7) is 5.43. The number of rotatable bonds is 30. The Morgan fingerprint density at radius 2 is 1.31 bits per heavy atom. The maximum absolute atomic E-state index is 12.3. The molecule has 8 nitrogen and oxygen atoms in total. The van der Waals surface area contributed by atoms with Gasteiger partial charge in [-0.3, -0.25) is 13.8 Å². The molecule has 0 aromatic heterocycles. The Morgan fingerprint density at radius 1 is 0.738 bits per heavy atom. The zero-order valence-corrected chi connectivity index (χ0v) is 28.6. The highest BCUT2D eigenvalue weighted by Gasteiger charge is 2.26. The molecule has 0 radical (unpaired) electrons. The van der Waals surface area contributed by atoms with Gasteiger partial charge < -0.3 is 18.9 Å². The third kappa shape index (κ3) is 30.4. The predicted octanol–water partition coefficient (Wildman–Crippen LogP) is 8.54. The van der Waals surface area contributed by atoms with Crippen molar-refractivity contribution < 1.29 is 37.3 Å². The quantitative estimate of drug-likeness (QED) is 0.0284. The van der Waals surface area contributed by atoms with Crippen molar-refractivity contribution in [3.63, 3.8) is 0 Å². The Morgan fingerprint density at radius 3 is 1.95 bits per heavy atom. The number of esters is 1. The van der Waals surface area contributed by atoms with Gasteiger partial charge in [0, 0.05) is 13.0 Å². The minimum absolute atomic E-state index is 0.0865. The summed E-state index contributed by atoms with van der Waals surface area (Å²) in [6.07, 6.45) is 26.8. The van der Waals surface area contributed by atoms with Gasteiger partial charge >= 0.3 is 13.8 Å². The molecular weight excluding hydrogens is 553 g/mol. The van der Waals surface area contributed by atoms with Crippen LogP contribution in [0.1, 0.15) is 123 Å². The van der Waals surface area contributed by atoms with E-state index in [1.807, 2.05) is 21.1 Å². The molecule has 42 heavy (non-hydrogen) atoms. The largest absolute Gasteiger partial charge is 0.472 e. The molecule has 0 aliphatic carbocycles. The fraction of sp³-hybridized carbons (Fsp3) is 0.848. The van der Waals surface area contributed by atoms with Gasteiger partial charge in [-0.1, -0.05) is 95.9 Å². The Hall–Kier alpha value is -1.02. The first-order valence-electron chi connectivity index (χ1n) is 16.6. The van der Waals surface area contributed by atoms with E-state index in [9.17, 15) is 14.3 Å². The van der Waals surface area contributed by atoms with Gasteiger partial charge in [0.2, 0.25) is 0 Å². The number of likely N-dealkylation sites (N-methyl/N-ethyl adjacent to an activating group) is 1. The summed E-state index contributed by atoms with van der Waals surface area (Å²) < 4.78 is 34.4. The van der Waals surface area contributed by atoms with Crippen molar-refractivity contribution in [2.45, 2.75) is 129 Å². The van der Waals surface area contributed by atoms with Gasteiger partial charge in [-0.05, 0) is 44.9 Å². The summed E-state index contributed by atoms with van der Waals surface area (Å²) in [5.74, 6) is -0.337. The molecule has 0 heterocycles. The summed E-state index contributed by atoms with van der Waals surface area (Å²) in [5, 5.41) is 0. The zero-order chi connectivity index (χ0) is 31.4. The molecule has 0 aliphatic rings. The summed E-state index contributed by atoms with van der Waals surface area (Å²) >= 11 is 0. The zero-order valence-electron chi connectivity index (χ0n) is 27.7. The summed E-state index contributed by atoms with van der Waals surface area (Å²) in [7, 11) is 1.65. The first-order valence-corrected chi connectivity index (χ1v) is 18.1. The topological polar surface area (TPSA) is 91.3 Å². The number of hydrogen-bond acceptors (Lipinski definition) is 6. The molecule has 0 saturated carbocycles. The number of carbonyl (C=O) groups is 1. The maximum Gasteiger partial charge on any atom is 0.472 e. The molecule has 0 fully saturated rings. The Bertz CT molecular complexity index is 736. The van der Waals surface area contributed by atoms with Crippen LogP contribution in [0.2, 0.25) is 0 Å². The van der Waals surface area contributed by atoms with E-state index in [1.165, 1.54) is 51.4 Å². The number of phosphoric acid groups is 1. The van der Waals surface area contributed by atoms with Crippen LogP contribution < -0.4 is 0 Å². The van der Waals surface area contributed by atoms with Gasteiger partial charge in [-0.2, -0.15) is 0 Å². The number of unbranched alkanes of at least 4 members (excludes halogenated alkanes) is 12. The van der Waals surface area contributed by atoms with Crippen LogP contribution in [0.25, 0.3) is 0 Å². The predicted molar refractivity (Wildman–Crippen MR) is 173 cm³/mol.